The summed E-state index contributed by atoms with van der Waals surface area (Å²) in [4.78, 5) is 13.6. The Bertz CT molecular complexity index is 710. The van der Waals surface area contributed by atoms with Crippen LogP contribution in [0.25, 0.3) is 0 Å². The quantitative estimate of drug-likeness (QED) is 0.360. The van der Waals surface area contributed by atoms with Crippen LogP contribution in [0.2, 0.25) is 25.7 Å². The van der Waals surface area contributed by atoms with E-state index in [-0.39, 0.29) is 30.8 Å². The first-order valence-corrected chi connectivity index (χ1v) is 15.6. The molecule has 1 fully saturated rings. The minimum atomic E-state index is -4.16. The van der Waals surface area contributed by atoms with Crippen LogP contribution in [0.4, 0.5) is 13.2 Å². The second-order valence-electron chi connectivity index (χ2n) is 11.0. The number of hydrogen-bond acceptors (Lipinski definition) is 2. The maximum absolute atomic E-state index is 13.1. The number of piperidine rings is 1. The van der Waals surface area contributed by atoms with Crippen molar-refractivity contribution in [3.8, 4) is 0 Å². The molecule has 1 aromatic rings. The van der Waals surface area contributed by atoms with Crippen molar-refractivity contribution in [1.29, 1.82) is 0 Å². The standard InChI is InChI=1S/C25H40F3NO2Si/c1-18(2)20-6-8-21(9-7-20)23-16-19(17-24(30)31)11-14-29(23)22(10-13-25(26,27)28)12-15-32(3,4)5/h6-9,18-19,22-23H,10-17H2,1-5H3,(H,30,31)/t19-,22+,23+/m1/s1. The predicted octanol–water partition coefficient (Wildman–Crippen LogP) is 7.48. The number of alkyl halides is 3. The van der Waals surface area contributed by atoms with Crippen LogP contribution in [0.1, 0.15) is 75.5 Å². The summed E-state index contributed by atoms with van der Waals surface area (Å²) in [5.41, 5.74) is 2.32. The monoisotopic (exact) mass is 471 g/mol. The highest BCUT2D eigenvalue weighted by Crippen LogP contribution is 2.40. The third kappa shape index (κ3) is 8.89. The molecular weight excluding hydrogens is 431 g/mol. The molecule has 3 atom stereocenters. The Hall–Kier alpha value is -1.34. The molecule has 2 rings (SSSR count). The number of halogens is 3. The van der Waals surface area contributed by atoms with E-state index in [4.69, 9.17) is 0 Å². The van der Waals surface area contributed by atoms with E-state index in [1.807, 2.05) is 0 Å². The highest BCUT2D eigenvalue weighted by molar-refractivity contribution is 6.76. The molecule has 1 N–H and O–H groups in total. The number of likely N-dealkylation sites (tertiary alicyclic amines) is 1. The Balaban J connectivity index is 2.32. The molecule has 0 spiro atoms. The minimum absolute atomic E-state index is 0.0332. The molecule has 0 saturated carbocycles. The third-order valence-electron chi connectivity index (χ3n) is 6.66. The summed E-state index contributed by atoms with van der Waals surface area (Å²) in [5.74, 6) is -0.342. The van der Waals surface area contributed by atoms with Gasteiger partial charge in [0.1, 0.15) is 0 Å². The number of rotatable bonds is 10. The molecule has 0 radical (unpaired) electrons. The van der Waals surface area contributed by atoms with Crippen molar-refractivity contribution >= 4 is 14.0 Å². The van der Waals surface area contributed by atoms with Crippen molar-refractivity contribution in [2.24, 2.45) is 5.92 Å². The van der Waals surface area contributed by atoms with Gasteiger partial charge in [-0.3, -0.25) is 9.69 Å². The van der Waals surface area contributed by atoms with Crippen LogP contribution < -0.4 is 0 Å². The summed E-state index contributed by atoms with van der Waals surface area (Å²) in [6, 6.07) is 9.21. The molecule has 0 bridgehead atoms. The van der Waals surface area contributed by atoms with E-state index in [1.165, 1.54) is 5.56 Å². The fourth-order valence-electron chi connectivity index (χ4n) is 4.76. The number of nitrogens with zero attached hydrogens (tertiary/aromatic N) is 1. The lowest BCUT2D eigenvalue weighted by Crippen LogP contribution is -2.45. The first-order valence-electron chi connectivity index (χ1n) is 11.9. The summed E-state index contributed by atoms with van der Waals surface area (Å²) >= 11 is 0. The maximum Gasteiger partial charge on any atom is 0.389 e. The summed E-state index contributed by atoms with van der Waals surface area (Å²) in [7, 11) is -1.40. The zero-order valence-corrected chi connectivity index (χ0v) is 21.2. The van der Waals surface area contributed by atoms with E-state index in [0.29, 0.717) is 18.9 Å². The number of aliphatic carboxylic acids is 1. The molecule has 3 nitrogen and oxygen atoms in total. The molecule has 1 aliphatic heterocycles. The second kappa shape index (κ2) is 11.2. The van der Waals surface area contributed by atoms with Crippen LogP contribution in [0.15, 0.2) is 24.3 Å². The molecule has 0 amide bonds. The molecule has 1 heterocycles. The molecule has 0 aromatic heterocycles. The van der Waals surface area contributed by atoms with Gasteiger partial charge in [0.15, 0.2) is 0 Å². The lowest BCUT2D eigenvalue weighted by molar-refractivity contribution is -0.141. The minimum Gasteiger partial charge on any atom is -0.481 e. The van der Waals surface area contributed by atoms with E-state index >= 15 is 0 Å². The second-order valence-corrected chi connectivity index (χ2v) is 16.6. The molecule has 32 heavy (non-hydrogen) atoms. The summed E-state index contributed by atoms with van der Waals surface area (Å²) in [5, 5.41) is 9.31. The number of hydrogen-bond donors (Lipinski definition) is 1. The first kappa shape index (κ1) is 26.9. The first-order chi connectivity index (χ1) is 14.7. The molecule has 0 aliphatic carbocycles. The molecule has 0 unspecified atom stereocenters. The molecular formula is C25H40F3NO2Si. The van der Waals surface area contributed by atoms with Gasteiger partial charge >= 0.3 is 12.1 Å². The molecule has 182 valence electrons. The highest BCUT2D eigenvalue weighted by atomic mass is 28.3. The average Bonchev–Trinajstić information content (AvgIpc) is 2.66. The Morgan fingerprint density at radius 1 is 1.16 bits per heavy atom. The fourth-order valence-corrected chi connectivity index (χ4v) is 5.96. The number of benzene rings is 1. The van der Waals surface area contributed by atoms with Gasteiger partial charge in [0.05, 0.1) is 0 Å². The Labute approximate surface area is 192 Å². The largest absolute Gasteiger partial charge is 0.481 e. The van der Waals surface area contributed by atoms with Gasteiger partial charge < -0.3 is 5.11 Å². The van der Waals surface area contributed by atoms with E-state index in [1.54, 1.807) is 0 Å². The van der Waals surface area contributed by atoms with E-state index in [9.17, 15) is 23.1 Å². The van der Waals surface area contributed by atoms with Crippen LogP contribution >= 0.6 is 0 Å². The van der Waals surface area contributed by atoms with Gasteiger partial charge in [-0.25, -0.2) is 0 Å². The molecule has 7 heteroatoms. The van der Waals surface area contributed by atoms with E-state index < -0.39 is 26.6 Å². The highest BCUT2D eigenvalue weighted by Gasteiger charge is 2.37. The fraction of sp³-hybridized carbons (Fsp3) is 0.720. The van der Waals surface area contributed by atoms with Gasteiger partial charge in [0.2, 0.25) is 0 Å². The van der Waals surface area contributed by atoms with Crippen molar-refractivity contribution in [3.63, 3.8) is 0 Å². The summed E-state index contributed by atoms with van der Waals surface area (Å²) < 4.78 is 39.4. The Morgan fingerprint density at radius 3 is 2.28 bits per heavy atom. The van der Waals surface area contributed by atoms with Crippen LogP contribution in [0, 0.1) is 5.92 Å². The number of carboxylic acids is 1. The summed E-state index contributed by atoms with van der Waals surface area (Å²) in [6.07, 6.45) is -2.51. The van der Waals surface area contributed by atoms with E-state index in [0.717, 1.165) is 24.4 Å². The van der Waals surface area contributed by atoms with Crippen molar-refractivity contribution in [1.82, 2.24) is 4.90 Å². The molecule has 1 aromatic carbocycles. The number of carboxylic acid groups (broad SMARTS) is 1. The van der Waals surface area contributed by atoms with Crippen molar-refractivity contribution in [3.05, 3.63) is 35.4 Å². The van der Waals surface area contributed by atoms with Gasteiger partial charge in [-0.15, -0.1) is 0 Å². The predicted molar refractivity (Wildman–Crippen MR) is 127 cm³/mol. The van der Waals surface area contributed by atoms with Crippen molar-refractivity contribution < 1.29 is 23.1 Å². The van der Waals surface area contributed by atoms with E-state index in [2.05, 4.69) is 62.7 Å². The normalized spacial score (nSPS) is 21.7. The zero-order chi connectivity index (χ0) is 24.1. The third-order valence-corrected chi connectivity index (χ3v) is 8.45. The van der Waals surface area contributed by atoms with Gasteiger partial charge in [0.25, 0.3) is 0 Å². The Morgan fingerprint density at radius 2 is 1.78 bits per heavy atom. The average molecular weight is 472 g/mol. The molecule has 1 aliphatic rings. The van der Waals surface area contributed by atoms with Gasteiger partial charge in [0, 0.05) is 33.0 Å². The molecule has 1 saturated heterocycles. The van der Waals surface area contributed by atoms with Crippen molar-refractivity contribution in [2.75, 3.05) is 6.54 Å². The van der Waals surface area contributed by atoms with Gasteiger partial charge in [-0.05, 0) is 55.2 Å². The van der Waals surface area contributed by atoms with Gasteiger partial charge in [-0.1, -0.05) is 63.8 Å². The number of carbonyl (C=O) groups is 1. The SMILES string of the molecule is CC(C)c1ccc([C@@H]2C[C@H](CC(=O)O)CCN2[C@@H](CCC(F)(F)F)CC[Si](C)(C)C)cc1. The smallest absolute Gasteiger partial charge is 0.389 e. The lowest BCUT2D eigenvalue weighted by atomic mass is 9.83. The maximum atomic E-state index is 13.1. The van der Waals surface area contributed by atoms with Crippen LogP contribution in [0.3, 0.4) is 0 Å². The van der Waals surface area contributed by atoms with Crippen LogP contribution in [0.5, 0.6) is 0 Å². The topological polar surface area (TPSA) is 40.5 Å². The van der Waals surface area contributed by atoms with Crippen LogP contribution in [-0.2, 0) is 4.79 Å². The lowest BCUT2D eigenvalue weighted by Gasteiger charge is -2.45. The van der Waals surface area contributed by atoms with Gasteiger partial charge in [-0.2, -0.15) is 13.2 Å². The zero-order valence-electron chi connectivity index (χ0n) is 20.2. The van der Waals surface area contributed by atoms with Crippen molar-refractivity contribution in [2.45, 2.75) is 102 Å². The van der Waals surface area contributed by atoms with Crippen LogP contribution in [-0.4, -0.2) is 42.8 Å². The Kier molecular flexibility index (Phi) is 9.41. The summed E-state index contributed by atoms with van der Waals surface area (Å²) in [6.45, 7) is 11.7.